The molecule has 0 saturated carbocycles. The average Bonchev–Trinajstić information content (AvgIpc) is 3.45. The fourth-order valence-electron chi connectivity index (χ4n) is 5.06. The van der Waals surface area contributed by atoms with Crippen LogP contribution in [-0.4, -0.2) is 46.4 Å². The third-order valence-electron chi connectivity index (χ3n) is 7.43. The number of fused-ring (bicyclic) bond motifs is 1. The lowest BCUT2D eigenvalue weighted by molar-refractivity contribution is -0.131. The number of ether oxygens (including phenoxy) is 1. The van der Waals surface area contributed by atoms with Gasteiger partial charge in [-0.05, 0) is 101 Å². The summed E-state index contributed by atoms with van der Waals surface area (Å²) in [7, 11) is 5.02. The summed E-state index contributed by atoms with van der Waals surface area (Å²) in [6, 6.07) is 9.04. The van der Waals surface area contributed by atoms with Crippen LogP contribution in [0.2, 0.25) is 0 Å². The maximum atomic E-state index is 14.1. The lowest BCUT2D eigenvalue weighted by Gasteiger charge is -2.27. The Bertz CT molecular complexity index is 1410. The van der Waals surface area contributed by atoms with Crippen LogP contribution >= 0.6 is 0 Å². The highest BCUT2D eigenvalue weighted by atomic mass is 19.1. The molecule has 9 heteroatoms. The number of halogens is 1. The fourth-order valence-corrected chi connectivity index (χ4v) is 5.06. The summed E-state index contributed by atoms with van der Waals surface area (Å²) in [5, 5.41) is 9.07. The van der Waals surface area contributed by atoms with E-state index in [1.165, 1.54) is 13.5 Å². The van der Waals surface area contributed by atoms with Crippen LogP contribution in [0.4, 0.5) is 4.39 Å². The van der Waals surface area contributed by atoms with Crippen molar-refractivity contribution in [2.24, 2.45) is 0 Å². The highest BCUT2D eigenvalue weighted by molar-refractivity contribution is 5.95. The predicted octanol–water partition coefficient (Wildman–Crippen LogP) is 7.12. The quantitative estimate of drug-likeness (QED) is 0.129. The molecule has 2 aromatic carbocycles. The van der Waals surface area contributed by atoms with E-state index < -0.39 is 11.4 Å². The Kier molecular flexibility index (Phi) is 17.6. The molecule has 1 heterocycles. The van der Waals surface area contributed by atoms with Gasteiger partial charge in [0.2, 0.25) is 6.41 Å². The molecule has 3 rings (SSSR count). The number of imide groups is 1. The standard InChI is InChI=1S/C19H25N3O4.C14H19FO.C3H8/c1-4-19(21-3,18(25)22-12-24)17-10-14-8-13(6-5-7-20-2)15(11-23)9-16(14)26-17;1-5-7-10(3)13-11(6-2)8-9-12(16-4)14(13)15;1-3-2/h8-12,20-21H,4-7H2,1-3H3,(H,22,24,25);7-9H,5-6H2,1-4H3;3H2,1-2H3/b;10-7+;/t19-;;/m0../s1. The Hall–Kier alpha value is -3.82. The number of furan rings is 1. The van der Waals surface area contributed by atoms with Crippen LogP contribution in [0.15, 0.2) is 40.8 Å². The molecule has 3 N–H and O–H groups in total. The topological polar surface area (TPSA) is 110 Å². The molecule has 0 bridgehead atoms. The second-order valence-corrected chi connectivity index (χ2v) is 10.6. The molecule has 1 aromatic heterocycles. The lowest BCUT2D eigenvalue weighted by Crippen LogP contribution is -2.52. The van der Waals surface area contributed by atoms with Gasteiger partial charge in [-0.15, -0.1) is 0 Å². The zero-order valence-electron chi connectivity index (χ0n) is 28.5. The summed E-state index contributed by atoms with van der Waals surface area (Å²) in [6.07, 6.45) is 8.26. The number of allylic oxidation sites excluding steroid dienone is 2. The molecule has 1 atom stereocenters. The molecule has 3 aromatic rings. The average molecular weight is 626 g/mol. The van der Waals surface area contributed by atoms with E-state index in [0.29, 0.717) is 41.1 Å². The van der Waals surface area contributed by atoms with Crippen molar-refractivity contribution < 1.29 is 27.9 Å². The summed E-state index contributed by atoms with van der Waals surface area (Å²) >= 11 is 0. The monoisotopic (exact) mass is 625 g/mol. The number of benzene rings is 2. The molecule has 0 fully saturated rings. The predicted molar refractivity (Wildman–Crippen MR) is 181 cm³/mol. The van der Waals surface area contributed by atoms with E-state index in [0.717, 1.165) is 60.6 Å². The summed E-state index contributed by atoms with van der Waals surface area (Å²) < 4.78 is 25.0. The number of amides is 2. The lowest BCUT2D eigenvalue weighted by atomic mass is 9.91. The molecule has 0 saturated heterocycles. The Morgan fingerprint density at radius 1 is 1.04 bits per heavy atom. The van der Waals surface area contributed by atoms with E-state index in [4.69, 9.17) is 9.15 Å². The Labute approximate surface area is 268 Å². The number of rotatable bonds is 14. The molecule has 0 radical (unpaired) electrons. The van der Waals surface area contributed by atoms with Crippen LogP contribution in [0, 0.1) is 5.82 Å². The Morgan fingerprint density at radius 2 is 1.73 bits per heavy atom. The van der Waals surface area contributed by atoms with E-state index in [1.807, 2.05) is 53.0 Å². The van der Waals surface area contributed by atoms with E-state index in [2.05, 4.69) is 29.8 Å². The van der Waals surface area contributed by atoms with Gasteiger partial charge < -0.3 is 19.8 Å². The summed E-state index contributed by atoms with van der Waals surface area (Å²) in [4.78, 5) is 34.6. The molecular weight excluding hydrogens is 573 g/mol. The molecule has 248 valence electrons. The maximum Gasteiger partial charge on any atom is 0.254 e. The first-order valence-electron chi connectivity index (χ1n) is 15.8. The van der Waals surface area contributed by atoms with Gasteiger partial charge in [0.1, 0.15) is 17.6 Å². The van der Waals surface area contributed by atoms with Gasteiger partial charge in [-0.25, -0.2) is 4.39 Å². The number of hydrogen-bond donors (Lipinski definition) is 3. The first-order valence-corrected chi connectivity index (χ1v) is 15.8. The zero-order chi connectivity index (χ0) is 34.0. The molecule has 0 aliphatic carbocycles. The molecular formula is C36H52FN3O5. The SMILES string of the molecule is CC/C=C(\C)c1c(CC)ccc(OC)c1F.CCC.CC[C@@](NC)(C(=O)NC=O)c1cc2cc(CCCNC)c(C=O)cc2o1. The number of aryl methyl sites for hydroxylation is 2. The van der Waals surface area contributed by atoms with Crippen molar-refractivity contribution in [3.05, 3.63) is 70.2 Å². The molecule has 0 spiro atoms. The van der Waals surface area contributed by atoms with Crippen molar-refractivity contribution in [2.45, 2.75) is 85.6 Å². The van der Waals surface area contributed by atoms with Crippen molar-refractivity contribution in [3.8, 4) is 5.75 Å². The van der Waals surface area contributed by atoms with Gasteiger partial charge in [0.15, 0.2) is 17.1 Å². The minimum absolute atomic E-state index is 0.246. The molecule has 0 aliphatic rings. The first-order chi connectivity index (χ1) is 21.6. The van der Waals surface area contributed by atoms with Crippen LogP contribution < -0.4 is 20.7 Å². The minimum atomic E-state index is -1.16. The molecule has 0 aliphatic heterocycles. The second-order valence-electron chi connectivity index (χ2n) is 10.6. The second kappa shape index (κ2) is 20.3. The fraction of sp³-hybridized carbons (Fsp3) is 0.472. The van der Waals surface area contributed by atoms with Crippen LogP contribution in [0.1, 0.15) is 100 Å². The Morgan fingerprint density at radius 3 is 2.24 bits per heavy atom. The summed E-state index contributed by atoms with van der Waals surface area (Å²) in [6.45, 7) is 13.0. The number of nitrogens with one attached hydrogen (secondary N) is 3. The van der Waals surface area contributed by atoms with Gasteiger partial charge in [-0.1, -0.05) is 53.2 Å². The highest BCUT2D eigenvalue weighted by Crippen LogP contribution is 2.33. The molecule has 0 unspecified atom stereocenters. The number of carbonyl (C=O) groups is 3. The smallest absolute Gasteiger partial charge is 0.254 e. The highest BCUT2D eigenvalue weighted by Gasteiger charge is 2.40. The minimum Gasteiger partial charge on any atom is -0.494 e. The summed E-state index contributed by atoms with van der Waals surface area (Å²) in [5.41, 5.74) is 3.61. The van der Waals surface area contributed by atoms with Crippen molar-refractivity contribution >= 4 is 35.1 Å². The maximum absolute atomic E-state index is 14.1. The van der Waals surface area contributed by atoms with Gasteiger partial charge in [0.05, 0.1) is 7.11 Å². The third-order valence-corrected chi connectivity index (χ3v) is 7.43. The Balaban J connectivity index is 0.000000455. The number of aldehydes is 1. The van der Waals surface area contributed by atoms with E-state index in [9.17, 15) is 18.8 Å². The van der Waals surface area contributed by atoms with Crippen LogP contribution in [0.3, 0.4) is 0 Å². The number of carbonyl (C=O) groups excluding carboxylic acids is 3. The molecule has 8 nitrogen and oxygen atoms in total. The van der Waals surface area contributed by atoms with Gasteiger partial charge in [-0.3, -0.25) is 19.7 Å². The van der Waals surface area contributed by atoms with Gasteiger partial charge in [0, 0.05) is 16.5 Å². The number of likely N-dealkylation sites (N-methyl/N-ethyl adjacent to an activating group) is 1. The van der Waals surface area contributed by atoms with Crippen molar-refractivity contribution in [3.63, 3.8) is 0 Å². The molecule has 2 amide bonds. The van der Waals surface area contributed by atoms with Crippen molar-refractivity contribution in [2.75, 3.05) is 27.7 Å². The van der Waals surface area contributed by atoms with Gasteiger partial charge >= 0.3 is 0 Å². The number of methoxy groups -OCH3 is 1. The van der Waals surface area contributed by atoms with Crippen molar-refractivity contribution in [1.29, 1.82) is 0 Å². The normalized spacial score (nSPS) is 12.3. The zero-order valence-corrected chi connectivity index (χ0v) is 28.5. The number of hydrogen-bond acceptors (Lipinski definition) is 7. The van der Waals surface area contributed by atoms with Gasteiger partial charge in [0.25, 0.3) is 5.91 Å². The molecule has 45 heavy (non-hydrogen) atoms. The van der Waals surface area contributed by atoms with E-state index >= 15 is 0 Å². The first kappa shape index (κ1) is 39.2. The largest absolute Gasteiger partial charge is 0.494 e. The van der Waals surface area contributed by atoms with Crippen LogP contribution in [0.25, 0.3) is 16.5 Å². The van der Waals surface area contributed by atoms with E-state index in [-0.39, 0.29) is 5.82 Å². The van der Waals surface area contributed by atoms with Crippen LogP contribution in [-0.2, 0) is 28.0 Å². The summed E-state index contributed by atoms with van der Waals surface area (Å²) in [5.74, 6) is -0.0115. The third kappa shape index (κ3) is 10.1. The van der Waals surface area contributed by atoms with Gasteiger partial charge in [-0.2, -0.15) is 0 Å². The van der Waals surface area contributed by atoms with Crippen molar-refractivity contribution in [1.82, 2.24) is 16.0 Å². The van der Waals surface area contributed by atoms with Crippen LogP contribution in [0.5, 0.6) is 5.75 Å². The van der Waals surface area contributed by atoms with E-state index in [1.54, 1.807) is 25.2 Å².